The van der Waals surface area contributed by atoms with E-state index in [2.05, 4.69) is 20.6 Å². The minimum absolute atomic E-state index is 0.0299. The Labute approximate surface area is 148 Å². The first-order valence-electron chi connectivity index (χ1n) is 7.64. The van der Waals surface area contributed by atoms with Gasteiger partial charge in [-0.05, 0) is 42.3 Å². The van der Waals surface area contributed by atoms with Crippen molar-refractivity contribution in [1.29, 1.82) is 0 Å². The molecule has 4 nitrogen and oxygen atoms in total. The van der Waals surface area contributed by atoms with E-state index in [1.54, 1.807) is 36.5 Å². The number of halogens is 3. The first kappa shape index (κ1) is 17.1. The van der Waals surface area contributed by atoms with Gasteiger partial charge < -0.3 is 10.6 Å². The molecule has 0 fully saturated rings. The molecule has 1 aromatic heterocycles. The predicted octanol–water partition coefficient (Wildman–Crippen LogP) is 4.81. The lowest BCUT2D eigenvalue weighted by molar-refractivity contribution is 0.610. The molecule has 0 aliphatic carbocycles. The number of anilines is 3. The van der Waals surface area contributed by atoms with E-state index in [9.17, 15) is 8.78 Å². The molecule has 0 radical (unpaired) electrons. The van der Waals surface area contributed by atoms with Crippen molar-refractivity contribution in [2.24, 2.45) is 0 Å². The Kier molecular flexibility index (Phi) is 5.40. The molecule has 1 heterocycles. The first-order valence-corrected chi connectivity index (χ1v) is 8.02. The molecule has 0 aliphatic heterocycles. The molecule has 128 valence electrons. The number of nitrogens with one attached hydrogen (secondary N) is 2. The third kappa shape index (κ3) is 4.64. The Morgan fingerprint density at radius 3 is 2.64 bits per heavy atom. The smallest absolute Gasteiger partial charge is 0.224 e. The van der Waals surface area contributed by atoms with Crippen molar-refractivity contribution in [2.75, 3.05) is 17.2 Å². The third-order valence-corrected chi connectivity index (χ3v) is 3.77. The molecule has 3 aromatic rings. The van der Waals surface area contributed by atoms with Gasteiger partial charge in [0.25, 0.3) is 0 Å². The number of benzene rings is 2. The molecular weight excluding hydrogens is 346 g/mol. The van der Waals surface area contributed by atoms with Crippen molar-refractivity contribution in [3.63, 3.8) is 0 Å². The summed E-state index contributed by atoms with van der Waals surface area (Å²) < 4.78 is 26.8. The fourth-order valence-electron chi connectivity index (χ4n) is 2.25. The van der Waals surface area contributed by atoms with Crippen molar-refractivity contribution in [3.05, 3.63) is 76.9 Å². The van der Waals surface area contributed by atoms with Crippen LogP contribution in [0.5, 0.6) is 0 Å². The zero-order chi connectivity index (χ0) is 17.6. The highest BCUT2D eigenvalue weighted by molar-refractivity contribution is 6.31. The van der Waals surface area contributed by atoms with Crippen LogP contribution in [0.1, 0.15) is 5.56 Å². The standard InChI is InChI=1S/C18H15ClF2N4/c19-14-11-13(5-6-16(14)21)24-17-8-10-23-18(25-17)22-9-7-12-3-1-2-4-15(12)20/h1-6,8,10-11H,7,9H2,(H2,22,23,24,25). The summed E-state index contributed by atoms with van der Waals surface area (Å²) in [7, 11) is 0. The second kappa shape index (κ2) is 7.90. The van der Waals surface area contributed by atoms with Crippen LogP contribution in [-0.2, 0) is 6.42 Å². The summed E-state index contributed by atoms with van der Waals surface area (Å²) in [5.41, 5.74) is 1.24. The maximum Gasteiger partial charge on any atom is 0.224 e. The van der Waals surface area contributed by atoms with Crippen LogP contribution in [0.4, 0.5) is 26.2 Å². The minimum Gasteiger partial charge on any atom is -0.354 e. The average molecular weight is 361 g/mol. The van der Waals surface area contributed by atoms with E-state index < -0.39 is 5.82 Å². The van der Waals surface area contributed by atoms with Gasteiger partial charge in [-0.1, -0.05) is 29.8 Å². The van der Waals surface area contributed by atoms with Crippen LogP contribution in [0, 0.1) is 11.6 Å². The normalized spacial score (nSPS) is 10.5. The van der Waals surface area contributed by atoms with Crippen LogP contribution < -0.4 is 10.6 Å². The zero-order valence-electron chi connectivity index (χ0n) is 13.1. The highest BCUT2D eigenvalue weighted by Gasteiger charge is 2.04. The Morgan fingerprint density at radius 2 is 1.84 bits per heavy atom. The molecule has 0 atom stereocenters. The summed E-state index contributed by atoms with van der Waals surface area (Å²) in [6, 6.07) is 12.6. The number of hydrogen-bond donors (Lipinski definition) is 2. The fourth-order valence-corrected chi connectivity index (χ4v) is 2.43. The zero-order valence-corrected chi connectivity index (χ0v) is 13.9. The molecule has 0 spiro atoms. The molecule has 0 unspecified atom stereocenters. The van der Waals surface area contributed by atoms with Crippen molar-refractivity contribution in [1.82, 2.24) is 9.97 Å². The summed E-state index contributed by atoms with van der Waals surface area (Å²) in [5.74, 6) is 0.236. The molecule has 0 amide bonds. The molecule has 3 rings (SSSR count). The van der Waals surface area contributed by atoms with Gasteiger partial charge in [-0.2, -0.15) is 4.98 Å². The van der Waals surface area contributed by atoms with Crippen LogP contribution in [-0.4, -0.2) is 16.5 Å². The summed E-state index contributed by atoms with van der Waals surface area (Å²) in [6.07, 6.45) is 2.10. The summed E-state index contributed by atoms with van der Waals surface area (Å²) in [6.45, 7) is 0.493. The van der Waals surface area contributed by atoms with Gasteiger partial charge in [0.2, 0.25) is 5.95 Å². The Hall–Kier alpha value is -2.73. The van der Waals surface area contributed by atoms with Gasteiger partial charge in [0.15, 0.2) is 0 Å². The van der Waals surface area contributed by atoms with E-state index >= 15 is 0 Å². The van der Waals surface area contributed by atoms with Gasteiger partial charge in [-0.25, -0.2) is 13.8 Å². The summed E-state index contributed by atoms with van der Waals surface area (Å²) >= 11 is 5.76. The number of rotatable bonds is 6. The largest absolute Gasteiger partial charge is 0.354 e. The second-order valence-corrected chi connectivity index (χ2v) is 5.69. The molecule has 0 bridgehead atoms. The number of hydrogen-bond acceptors (Lipinski definition) is 4. The Morgan fingerprint density at radius 1 is 1.00 bits per heavy atom. The molecular formula is C18H15ClF2N4. The maximum atomic E-state index is 13.6. The van der Waals surface area contributed by atoms with Crippen LogP contribution in [0.2, 0.25) is 5.02 Å². The van der Waals surface area contributed by atoms with Crippen LogP contribution >= 0.6 is 11.6 Å². The molecule has 0 saturated carbocycles. The molecule has 0 saturated heterocycles. The molecule has 2 N–H and O–H groups in total. The van der Waals surface area contributed by atoms with E-state index in [1.165, 1.54) is 18.2 Å². The Balaban J connectivity index is 1.61. The molecule has 7 heteroatoms. The average Bonchev–Trinajstić information content (AvgIpc) is 2.60. The van der Waals surface area contributed by atoms with Crippen molar-refractivity contribution < 1.29 is 8.78 Å². The van der Waals surface area contributed by atoms with E-state index in [4.69, 9.17) is 11.6 Å². The van der Waals surface area contributed by atoms with Gasteiger partial charge in [0.05, 0.1) is 5.02 Å². The maximum absolute atomic E-state index is 13.6. The molecule has 25 heavy (non-hydrogen) atoms. The Bertz CT molecular complexity index is 873. The van der Waals surface area contributed by atoms with Crippen molar-refractivity contribution >= 4 is 29.1 Å². The van der Waals surface area contributed by atoms with Crippen LogP contribution in [0.15, 0.2) is 54.7 Å². The van der Waals surface area contributed by atoms with Crippen molar-refractivity contribution in [2.45, 2.75) is 6.42 Å². The highest BCUT2D eigenvalue weighted by atomic mass is 35.5. The molecule has 0 aliphatic rings. The van der Waals surface area contributed by atoms with Crippen LogP contribution in [0.3, 0.4) is 0 Å². The van der Waals surface area contributed by atoms with E-state index in [0.717, 1.165) is 0 Å². The van der Waals surface area contributed by atoms with E-state index in [1.807, 2.05) is 0 Å². The fraction of sp³-hybridized carbons (Fsp3) is 0.111. The quantitative estimate of drug-likeness (QED) is 0.662. The predicted molar refractivity (Wildman–Crippen MR) is 95.3 cm³/mol. The van der Waals surface area contributed by atoms with Gasteiger partial charge in [-0.3, -0.25) is 0 Å². The third-order valence-electron chi connectivity index (χ3n) is 3.48. The SMILES string of the molecule is Fc1ccc(Nc2ccnc(NCCc3ccccc3F)n2)cc1Cl. The monoisotopic (exact) mass is 360 g/mol. The van der Waals surface area contributed by atoms with Gasteiger partial charge in [0.1, 0.15) is 17.5 Å². The lowest BCUT2D eigenvalue weighted by atomic mass is 10.1. The van der Waals surface area contributed by atoms with Gasteiger partial charge in [0, 0.05) is 18.4 Å². The first-order chi connectivity index (χ1) is 12.1. The molecule has 2 aromatic carbocycles. The minimum atomic E-state index is -0.481. The van der Waals surface area contributed by atoms with Gasteiger partial charge in [-0.15, -0.1) is 0 Å². The van der Waals surface area contributed by atoms with Crippen molar-refractivity contribution in [3.8, 4) is 0 Å². The lowest BCUT2D eigenvalue weighted by Gasteiger charge is -2.09. The number of nitrogens with zero attached hydrogens (tertiary/aromatic N) is 2. The van der Waals surface area contributed by atoms with E-state index in [-0.39, 0.29) is 10.8 Å². The van der Waals surface area contributed by atoms with Crippen LogP contribution in [0.25, 0.3) is 0 Å². The van der Waals surface area contributed by atoms with Gasteiger partial charge >= 0.3 is 0 Å². The van der Waals surface area contributed by atoms with E-state index in [0.29, 0.717) is 36.0 Å². The summed E-state index contributed by atoms with van der Waals surface area (Å²) in [4.78, 5) is 8.43. The lowest BCUT2D eigenvalue weighted by Crippen LogP contribution is -2.09. The topological polar surface area (TPSA) is 49.8 Å². The number of aromatic nitrogens is 2. The summed E-state index contributed by atoms with van der Waals surface area (Å²) in [5, 5.41) is 6.11. The second-order valence-electron chi connectivity index (χ2n) is 5.29. The highest BCUT2D eigenvalue weighted by Crippen LogP contribution is 2.22.